The number of hydrogen-bond donors (Lipinski definition) is 0. The van der Waals surface area contributed by atoms with Gasteiger partial charge in [-0.25, -0.2) is 0 Å². The van der Waals surface area contributed by atoms with Gasteiger partial charge in [0.15, 0.2) is 0 Å². The number of benzene rings is 1. The summed E-state index contributed by atoms with van der Waals surface area (Å²) in [5, 5.41) is 14.4. The van der Waals surface area contributed by atoms with Crippen molar-refractivity contribution >= 4 is 10.9 Å². The Bertz CT molecular complexity index is 550. The first-order valence-electron chi connectivity index (χ1n) is 5.76. The molecule has 4 nitrogen and oxygen atoms in total. The fourth-order valence-electron chi connectivity index (χ4n) is 1.99. The molecule has 0 bridgehead atoms. The molecule has 4 heteroatoms. The minimum atomic E-state index is 0.424. The van der Waals surface area contributed by atoms with E-state index in [1.807, 2.05) is 28.8 Å². The van der Waals surface area contributed by atoms with Crippen molar-refractivity contribution in [3.8, 4) is 6.07 Å². The molecule has 88 valence electrons. The highest BCUT2D eigenvalue weighted by Gasteiger charge is 2.10. The lowest BCUT2D eigenvalue weighted by atomic mass is 10.2. The summed E-state index contributed by atoms with van der Waals surface area (Å²) in [7, 11) is 1.93. The summed E-state index contributed by atoms with van der Waals surface area (Å²) in [4.78, 5) is 1.97. The first kappa shape index (κ1) is 11.6. The molecule has 1 aromatic heterocycles. The van der Waals surface area contributed by atoms with Gasteiger partial charge in [-0.2, -0.15) is 10.4 Å². The first-order valence-corrected chi connectivity index (χ1v) is 5.76. The second kappa shape index (κ2) is 4.98. The zero-order valence-corrected chi connectivity index (χ0v) is 10.2. The van der Waals surface area contributed by atoms with Crippen LogP contribution in [-0.2, 0) is 13.1 Å². The lowest BCUT2D eigenvalue weighted by Gasteiger charge is -2.09. The molecule has 17 heavy (non-hydrogen) atoms. The van der Waals surface area contributed by atoms with E-state index in [4.69, 9.17) is 5.26 Å². The normalized spacial score (nSPS) is 10.9. The van der Waals surface area contributed by atoms with Gasteiger partial charge in [-0.1, -0.05) is 18.2 Å². The topological polar surface area (TPSA) is 44.9 Å². The van der Waals surface area contributed by atoms with Gasteiger partial charge in [0.25, 0.3) is 0 Å². The monoisotopic (exact) mass is 228 g/mol. The lowest BCUT2D eigenvalue weighted by molar-refractivity contribution is 0.361. The van der Waals surface area contributed by atoms with Crippen molar-refractivity contribution in [2.75, 3.05) is 13.6 Å². The van der Waals surface area contributed by atoms with Gasteiger partial charge in [-0.05, 0) is 20.0 Å². The summed E-state index contributed by atoms with van der Waals surface area (Å²) < 4.78 is 2.00. The number of aromatic nitrogens is 2. The molecule has 2 aromatic rings. The molecule has 1 heterocycles. The molecule has 0 saturated carbocycles. The number of fused-ring (bicyclic) bond motifs is 1. The molecule has 0 amide bonds. The average molecular weight is 228 g/mol. The Kier molecular flexibility index (Phi) is 3.40. The van der Waals surface area contributed by atoms with E-state index in [9.17, 15) is 0 Å². The number of hydrogen-bond acceptors (Lipinski definition) is 3. The summed E-state index contributed by atoms with van der Waals surface area (Å²) in [6.07, 6.45) is 0. The third kappa shape index (κ3) is 2.29. The maximum absolute atomic E-state index is 8.66. The van der Waals surface area contributed by atoms with Crippen LogP contribution in [0.15, 0.2) is 24.3 Å². The Morgan fingerprint density at radius 3 is 2.88 bits per heavy atom. The number of para-hydroxylation sites is 1. The predicted octanol–water partition coefficient (Wildman–Crippen LogP) is 2.01. The van der Waals surface area contributed by atoms with Crippen molar-refractivity contribution < 1.29 is 0 Å². The van der Waals surface area contributed by atoms with Gasteiger partial charge in [0, 0.05) is 18.5 Å². The third-order valence-electron chi connectivity index (χ3n) is 2.79. The minimum absolute atomic E-state index is 0.424. The second-order valence-corrected chi connectivity index (χ2v) is 4.11. The summed E-state index contributed by atoms with van der Waals surface area (Å²) >= 11 is 0. The lowest BCUT2D eigenvalue weighted by Crippen LogP contribution is -2.18. The molecule has 0 fully saturated rings. The molecular weight excluding hydrogens is 212 g/mol. The van der Waals surface area contributed by atoms with Crippen molar-refractivity contribution in [3.63, 3.8) is 0 Å². The highest BCUT2D eigenvalue weighted by atomic mass is 15.3. The van der Waals surface area contributed by atoms with Gasteiger partial charge in [0.05, 0.1) is 23.8 Å². The highest BCUT2D eigenvalue weighted by molar-refractivity contribution is 5.81. The number of aryl methyl sites for hydroxylation is 1. The second-order valence-electron chi connectivity index (χ2n) is 4.11. The van der Waals surface area contributed by atoms with Gasteiger partial charge < -0.3 is 0 Å². The molecule has 1 aromatic carbocycles. The van der Waals surface area contributed by atoms with Crippen molar-refractivity contribution in [1.29, 1.82) is 5.26 Å². The Morgan fingerprint density at radius 2 is 2.18 bits per heavy atom. The number of rotatable bonds is 4. The van der Waals surface area contributed by atoms with E-state index in [0.29, 0.717) is 13.1 Å². The average Bonchev–Trinajstić information content (AvgIpc) is 2.68. The predicted molar refractivity (Wildman–Crippen MR) is 67.4 cm³/mol. The van der Waals surface area contributed by atoms with Crippen LogP contribution in [0.2, 0.25) is 0 Å². The fourth-order valence-corrected chi connectivity index (χ4v) is 1.99. The molecule has 0 aliphatic heterocycles. The van der Waals surface area contributed by atoms with E-state index >= 15 is 0 Å². The Morgan fingerprint density at radius 1 is 1.41 bits per heavy atom. The summed E-state index contributed by atoms with van der Waals surface area (Å²) in [5.74, 6) is 0. The molecule has 0 aliphatic carbocycles. The van der Waals surface area contributed by atoms with Crippen LogP contribution in [0.5, 0.6) is 0 Å². The summed E-state index contributed by atoms with van der Waals surface area (Å²) in [6, 6.07) is 10.4. The van der Waals surface area contributed by atoms with Gasteiger partial charge in [0.1, 0.15) is 0 Å². The van der Waals surface area contributed by atoms with Crippen molar-refractivity contribution in [1.82, 2.24) is 14.7 Å². The molecular formula is C13H16N4. The molecule has 0 atom stereocenters. The largest absolute Gasteiger partial charge is 0.288 e. The van der Waals surface area contributed by atoms with Gasteiger partial charge in [0.2, 0.25) is 0 Å². The van der Waals surface area contributed by atoms with E-state index in [1.165, 1.54) is 5.39 Å². The number of nitrogens with zero attached hydrogens (tertiary/aromatic N) is 4. The zero-order chi connectivity index (χ0) is 12.3. The third-order valence-corrected chi connectivity index (χ3v) is 2.79. The van der Waals surface area contributed by atoms with E-state index in [-0.39, 0.29) is 0 Å². The van der Waals surface area contributed by atoms with Crippen LogP contribution >= 0.6 is 0 Å². The van der Waals surface area contributed by atoms with Crippen LogP contribution in [-0.4, -0.2) is 28.3 Å². The van der Waals surface area contributed by atoms with Crippen molar-refractivity contribution in [3.05, 3.63) is 30.0 Å². The zero-order valence-electron chi connectivity index (χ0n) is 10.2. The smallest absolute Gasteiger partial charge is 0.0866 e. The Balaban J connectivity index is 2.38. The minimum Gasteiger partial charge on any atom is -0.288 e. The van der Waals surface area contributed by atoms with Gasteiger partial charge in [-0.15, -0.1) is 0 Å². The molecule has 0 N–H and O–H groups in total. The molecule has 0 unspecified atom stereocenters. The maximum atomic E-state index is 8.66. The van der Waals surface area contributed by atoms with Crippen LogP contribution in [0, 0.1) is 11.3 Å². The molecule has 2 rings (SSSR count). The Hall–Kier alpha value is -1.86. The van der Waals surface area contributed by atoms with Crippen LogP contribution in [0.3, 0.4) is 0 Å². The summed E-state index contributed by atoms with van der Waals surface area (Å²) in [6.45, 7) is 4.08. The summed E-state index contributed by atoms with van der Waals surface area (Å²) in [5.41, 5.74) is 2.20. The molecule has 0 aliphatic rings. The number of nitriles is 1. The first-order chi connectivity index (χ1) is 8.26. The van der Waals surface area contributed by atoms with E-state index in [0.717, 1.165) is 17.8 Å². The Labute approximate surface area is 101 Å². The van der Waals surface area contributed by atoms with E-state index in [1.54, 1.807) is 0 Å². The standard InChI is InChI=1S/C13H16N4/c1-3-17-13-7-5-4-6-11(13)12(15-17)10-16(2)9-8-14/h4-7H,3,9-10H2,1-2H3. The quantitative estimate of drug-likeness (QED) is 0.752. The molecule has 0 spiro atoms. The molecule has 0 radical (unpaired) electrons. The van der Waals surface area contributed by atoms with E-state index < -0.39 is 0 Å². The van der Waals surface area contributed by atoms with Crippen molar-refractivity contribution in [2.45, 2.75) is 20.0 Å². The highest BCUT2D eigenvalue weighted by Crippen LogP contribution is 2.19. The van der Waals surface area contributed by atoms with Crippen molar-refractivity contribution in [2.24, 2.45) is 0 Å². The van der Waals surface area contributed by atoms with Gasteiger partial charge in [-0.3, -0.25) is 9.58 Å². The van der Waals surface area contributed by atoms with E-state index in [2.05, 4.69) is 30.2 Å². The molecule has 0 saturated heterocycles. The van der Waals surface area contributed by atoms with Crippen LogP contribution in [0.4, 0.5) is 0 Å². The SMILES string of the molecule is CCn1nc(CN(C)CC#N)c2ccccc21. The van der Waals surface area contributed by atoms with Crippen LogP contribution in [0.25, 0.3) is 10.9 Å². The van der Waals surface area contributed by atoms with Gasteiger partial charge >= 0.3 is 0 Å². The van der Waals surface area contributed by atoms with Crippen LogP contribution < -0.4 is 0 Å². The maximum Gasteiger partial charge on any atom is 0.0866 e. The fraction of sp³-hybridized carbons (Fsp3) is 0.385. The van der Waals surface area contributed by atoms with Crippen LogP contribution in [0.1, 0.15) is 12.6 Å².